The number of carbonyl (C=O) groups is 1. The summed E-state index contributed by atoms with van der Waals surface area (Å²) in [4.78, 5) is 16.9. The Balaban J connectivity index is 1.68. The van der Waals surface area contributed by atoms with Gasteiger partial charge in [0.15, 0.2) is 5.69 Å². The molecule has 0 atom stereocenters. The predicted octanol–water partition coefficient (Wildman–Crippen LogP) is 2.39. The first-order valence-corrected chi connectivity index (χ1v) is 8.16. The van der Waals surface area contributed by atoms with Gasteiger partial charge in [-0.2, -0.15) is 5.10 Å². The first kappa shape index (κ1) is 15.6. The molecular formula is C18H24N4O. The van der Waals surface area contributed by atoms with Crippen LogP contribution in [0.5, 0.6) is 0 Å². The summed E-state index contributed by atoms with van der Waals surface area (Å²) in [5.41, 5.74) is 4.06. The zero-order chi connectivity index (χ0) is 16.4. The average Bonchev–Trinajstić information content (AvgIpc) is 2.76. The molecule has 0 aliphatic carbocycles. The minimum Gasteiger partial charge on any atom is -0.370 e. The Labute approximate surface area is 137 Å². The van der Waals surface area contributed by atoms with Crippen molar-refractivity contribution >= 4 is 11.6 Å². The lowest BCUT2D eigenvalue weighted by atomic mass is 10.2. The van der Waals surface area contributed by atoms with Gasteiger partial charge in [-0.1, -0.05) is 17.7 Å². The number of rotatable bonds is 2. The van der Waals surface area contributed by atoms with E-state index in [0.717, 1.165) is 38.3 Å². The number of hydrogen-bond acceptors (Lipinski definition) is 3. The van der Waals surface area contributed by atoms with Crippen molar-refractivity contribution in [3.8, 4) is 0 Å². The maximum Gasteiger partial charge on any atom is 0.274 e. The summed E-state index contributed by atoms with van der Waals surface area (Å²) >= 11 is 0. The summed E-state index contributed by atoms with van der Waals surface area (Å²) in [7, 11) is 1.87. The van der Waals surface area contributed by atoms with Crippen LogP contribution in [0.3, 0.4) is 0 Å². The molecule has 1 saturated heterocycles. The minimum atomic E-state index is 0.0412. The van der Waals surface area contributed by atoms with Crippen LogP contribution in [-0.2, 0) is 7.05 Å². The molecule has 0 saturated carbocycles. The summed E-state index contributed by atoms with van der Waals surface area (Å²) in [5, 5.41) is 4.31. The third-order valence-electron chi connectivity index (χ3n) is 4.52. The maximum absolute atomic E-state index is 12.6. The molecule has 0 radical (unpaired) electrons. The number of amides is 1. The summed E-state index contributed by atoms with van der Waals surface area (Å²) in [5.74, 6) is 0.0412. The Kier molecular flexibility index (Phi) is 4.37. The molecule has 5 nitrogen and oxygen atoms in total. The van der Waals surface area contributed by atoms with Crippen molar-refractivity contribution in [3.05, 3.63) is 47.3 Å². The van der Waals surface area contributed by atoms with E-state index < -0.39 is 0 Å². The van der Waals surface area contributed by atoms with Gasteiger partial charge in [-0.05, 0) is 38.5 Å². The Morgan fingerprint density at radius 1 is 1.04 bits per heavy atom. The lowest BCUT2D eigenvalue weighted by molar-refractivity contribution is 0.0760. The van der Waals surface area contributed by atoms with Crippen molar-refractivity contribution in [1.82, 2.24) is 14.7 Å². The number of benzene rings is 1. The molecule has 0 unspecified atom stereocenters. The van der Waals surface area contributed by atoms with Crippen LogP contribution >= 0.6 is 0 Å². The average molecular weight is 312 g/mol. The zero-order valence-corrected chi connectivity index (χ0v) is 14.1. The summed E-state index contributed by atoms with van der Waals surface area (Å²) in [6, 6.07) is 10.5. The van der Waals surface area contributed by atoms with Crippen molar-refractivity contribution in [2.45, 2.75) is 20.3 Å². The van der Waals surface area contributed by atoms with Crippen LogP contribution in [0.1, 0.15) is 28.2 Å². The molecule has 1 aliphatic rings. The van der Waals surface area contributed by atoms with Gasteiger partial charge in [0.25, 0.3) is 5.91 Å². The zero-order valence-electron chi connectivity index (χ0n) is 14.1. The van der Waals surface area contributed by atoms with E-state index in [9.17, 15) is 4.79 Å². The maximum atomic E-state index is 12.6. The lowest BCUT2D eigenvalue weighted by Gasteiger charge is -2.23. The summed E-state index contributed by atoms with van der Waals surface area (Å²) in [6.07, 6.45) is 0.978. The quantitative estimate of drug-likeness (QED) is 0.855. The molecule has 1 amide bonds. The van der Waals surface area contributed by atoms with Crippen LogP contribution in [0.15, 0.2) is 30.3 Å². The van der Waals surface area contributed by atoms with Crippen LogP contribution in [0.4, 0.5) is 5.69 Å². The smallest absolute Gasteiger partial charge is 0.274 e. The standard InChI is InChI=1S/C18H24N4O/c1-14-5-7-16(8-6-14)21-9-4-10-22(12-11-21)18(23)17-13-15(2)20(3)19-17/h5-8,13H,4,9-12H2,1-3H3. The van der Waals surface area contributed by atoms with Gasteiger partial charge in [0.2, 0.25) is 0 Å². The van der Waals surface area contributed by atoms with Crippen LogP contribution < -0.4 is 4.90 Å². The summed E-state index contributed by atoms with van der Waals surface area (Å²) in [6.45, 7) is 7.43. The largest absolute Gasteiger partial charge is 0.370 e. The first-order chi connectivity index (χ1) is 11.0. The third-order valence-corrected chi connectivity index (χ3v) is 4.52. The SMILES string of the molecule is Cc1ccc(N2CCCN(C(=O)c3cc(C)n(C)n3)CC2)cc1. The van der Waals surface area contributed by atoms with Crippen molar-refractivity contribution in [2.75, 3.05) is 31.1 Å². The van der Waals surface area contributed by atoms with E-state index in [2.05, 4.69) is 41.2 Å². The third kappa shape index (κ3) is 3.38. The minimum absolute atomic E-state index is 0.0412. The van der Waals surface area contributed by atoms with E-state index >= 15 is 0 Å². The molecule has 23 heavy (non-hydrogen) atoms. The van der Waals surface area contributed by atoms with Gasteiger partial charge in [0.1, 0.15) is 0 Å². The molecule has 0 spiro atoms. The monoisotopic (exact) mass is 312 g/mol. The van der Waals surface area contributed by atoms with Crippen molar-refractivity contribution < 1.29 is 4.79 Å². The van der Waals surface area contributed by atoms with Gasteiger partial charge in [-0.25, -0.2) is 0 Å². The fourth-order valence-electron chi connectivity index (χ4n) is 2.96. The summed E-state index contributed by atoms with van der Waals surface area (Å²) < 4.78 is 1.75. The second-order valence-electron chi connectivity index (χ2n) is 6.26. The van der Waals surface area contributed by atoms with E-state index in [1.165, 1.54) is 11.3 Å². The number of aromatic nitrogens is 2. The Bertz CT molecular complexity index is 670. The molecule has 0 bridgehead atoms. The molecule has 1 fully saturated rings. The Hall–Kier alpha value is -2.30. The second-order valence-corrected chi connectivity index (χ2v) is 6.26. The van der Waals surface area contributed by atoms with Crippen molar-refractivity contribution in [1.29, 1.82) is 0 Å². The van der Waals surface area contributed by atoms with Gasteiger partial charge in [0, 0.05) is 44.6 Å². The van der Waals surface area contributed by atoms with Gasteiger partial charge in [0.05, 0.1) is 0 Å². The Morgan fingerprint density at radius 2 is 1.78 bits per heavy atom. The van der Waals surface area contributed by atoms with E-state index in [1.54, 1.807) is 4.68 Å². The van der Waals surface area contributed by atoms with Crippen LogP contribution in [0, 0.1) is 13.8 Å². The van der Waals surface area contributed by atoms with E-state index in [0.29, 0.717) is 5.69 Å². The predicted molar refractivity (Wildman–Crippen MR) is 91.9 cm³/mol. The molecule has 1 aliphatic heterocycles. The van der Waals surface area contributed by atoms with Crippen molar-refractivity contribution in [2.24, 2.45) is 7.05 Å². The van der Waals surface area contributed by atoms with Gasteiger partial charge in [-0.15, -0.1) is 0 Å². The normalized spacial score (nSPS) is 15.6. The fraction of sp³-hybridized carbons (Fsp3) is 0.444. The number of anilines is 1. The molecule has 2 heterocycles. The van der Waals surface area contributed by atoms with E-state index in [1.807, 2.05) is 24.9 Å². The molecule has 1 aromatic heterocycles. The van der Waals surface area contributed by atoms with Crippen LogP contribution in [0.2, 0.25) is 0 Å². The molecule has 2 aromatic rings. The fourth-order valence-corrected chi connectivity index (χ4v) is 2.96. The number of aryl methyl sites for hydroxylation is 3. The van der Waals surface area contributed by atoms with Gasteiger partial charge in [-0.3, -0.25) is 9.48 Å². The molecule has 0 N–H and O–H groups in total. The number of hydrogen-bond donors (Lipinski definition) is 0. The van der Waals surface area contributed by atoms with Gasteiger partial charge >= 0.3 is 0 Å². The number of nitrogens with zero attached hydrogens (tertiary/aromatic N) is 4. The molecule has 1 aromatic carbocycles. The molecule has 122 valence electrons. The van der Waals surface area contributed by atoms with E-state index in [4.69, 9.17) is 0 Å². The van der Waals surface area contributed by atoms with Crippen LogP contribution in [-0.4, -0.2) is 46.8 Å². The highest BCUT2D eigenvalue weighted by Gasteiger charge is 2.22. The Morgan fingerprint density at radius 3 is 2.43 bits per heavy atom. The molecular weight excluding hydrogens is 288 g/mol. The highest BCUT2D eigenvalue weighted by Crippen LogP contribution is 2.18. The number of carbonyl (C=O) groups excluding carboxylic acids is 1. The molecule has 5 heteroatoms. The highest BCUT2D eigenvalue weighted by atomic mass is 16.2. The second kappa shape index (κ2) is 6.44. The van der Waals surface area contributed by atoms with Crippen LogP contribution in [0.25, 0.3) is 0 Å². The topological polar surface area (TPSA) is 41.4 Å². The first-order valence-electron chi connectivity index (χ1n) is 8.16. The van der Waals surface area contributed by atoms with Crippen molar-refractivity contribution in [3.63, 3.8) is 0 Å². The highest BCUT2D eigenvalue weighted by molar-refractivity contribution is 5.92. The lowest BCUT2D eigenvalue weighted by Crippen LogP contribution is -2.35. The van der Waals surface area contributed by atoms with E-state index in [-0.39, 0.29) is 5.91 Å². The molecule has 3 rings (SSSR count). The van der Waals surface area contributed by atoms with Gasteiger partial charge < -0.3 is 9.80 Å².